The second-order valence-corrected chi connectivity index (χ2v) is 2.94. The summed E-state index contributed by atoms with van der Waals surface area (Å²) in [6.45, 7) is 0.951. The van der Waals surface area contributed by atoms with Gasteiger partial charge in [0.2, 0.25) is 0 Å². The molecule has 0 spiro atoms. The van der Waals surface area contributed by atoms with Crippen LogP contribution >= 0.6 is 0 Å². The summed E-state index contributed by atoms with van der Waals surface area (Å²) in [7, 11) is 1.21. The van der Waals surface area contributed by atoms with Crippen molar-refractivity contribution in [2.24, 2.45) is 0 Å². The third-order valence-corrected chi connectivity index (χ3v) is 1.76. The molecular formula is C9H10F3NO3. The zero-order valence-corrected chi connectivity index (χ0v) is 8.63. The molecule has 1 rings (SSSR count). The van der Waals surface area contributed by atoms with E-state index in [1.165, 1.54) is 20.1 Å². The van der Waals surface area contributed by atoms with Gasteiger partial charge < -0.3 is 14.6 Å². The number of nitrogens with zero attached hydrogens (tertiary/aromatic N) is 1. The maximum Gasteiger partial charge on any atom is 0.573 e. The highest BCUT2D eigenvalue weighted by atomic mass is 19.4. The molecule has 0 amide bonds. The molecule has 7 heteroatoms. The second kappa shape index (κ2) is 4.56. The smallest absolute Gasteiger partial charge is 0.493 e. The molecule has 0 aliphatic heterocycles. The van der Waals surface area contributed by atoms with Gasteiger partial charge >= 0.3 is 6.36 Å². The number of aryl methyl sites for hydroxylation is 1. The lowest BCUT2D eigenvalue weighted by Crippen LogP contribution is -2.19. The van der Waals surface area contributed by atoms with Crippen LogP contribution < -0.4 is 9.47 Å². The molecule has 1 N–H and O–H groups in total. The zero-order valence-electron chi connectivity index (χ0n) is 8.63. The molecular weight excluding hydrogens is 227 g/mol. The Morgan fingerprint density at radius 1 is 1.44 bits per heavy atom. The largest absolute Gasteiger partial charge is 0.573 e. The molecule has 0 aromatic carbocycles. The molecule has 0 aliphatic carbocycles. The number of hydrogen-bond acceptors (Lipinski definition) is 4. The number of alkyl halides is 3. The number of rotatable bonds is 3. The highest BCUT2D eigenvalue weighted by Gasteiger charge is 2.33. The molecule has 0 aliphatic rings. The Morgan fingerprint density at radius 3 is 2.50 bits per heavy atom. The second-order valence-electron chi connectivity index (χ2n) is 2.94. The van der Waals surface area contributed by atoms with Crippen LogP contribution in [0.5, 0.6) is 11.5 Å². The van der Waals surface area contributed by atoms with E-state index in [9.17, 15) is 13.2 Å². The monoisotopic (exact) mass is 237 g/mol. The summed E-state index contributed by atoms with van der Waals surface area (Å²) in [6.07, 6.45) is -4.81. The van der Waals surface area contributed by atoms with E-state index in [4.69, 9.17) is 9.84 Å². The highest BCUT2D eigenvalue weighted by Crippen LogP contribution is 2.34. The fraction of sp³-hybridized carbons (Fsp3) is 0.444. The molecule has 1 aromatic rings. The van der Waals surface area contributed by atoms with Gasteiger partial charge in [-0.2, -0.15) is 0 Å². The van der Waals surface area contributed by atoms with Crippen molar-refractivity contribution in [3.63, 3.8) is 0 Å². The minimum atomic E-state index is -4.81. The summed E-state index contributed by atoms with van der Waals surface area (Å²) < 4.78 is 44.7. The van der Waals surface area contributed by atoms with E-state index in [0.717, 1.165) is 0 Å². The van der Waals surface area contributed by atoms with E-state index in [2.05, 4.69) is 9.72 Å². The van der Waals surface area contributed by atoms with Crippen molar-refractivity contribution in [2.75, 3.05) is 7.11 Å². The number of pyridine rings is 1. The Kier molecular flexibility index (Phi) is 3.58. The minimum absolute atomic E-state index is 0.000671. The number of aromatic nitrogens is 1. The predicted octanol–water partition coefficient (Wildman–Crippen LogP) is 1.79. The molecule has 1 aromatic heterocycles. The molecule has 0 fully saturated rings. The quantitative estimate of drug-likeness (QED) is 0.870. The van der Waals surface area contributed by atoms with Gasteiger partial charge in [0.05, 0.1) is 25.1 Å². The van der Waals surface area contributed by atoms with Crippen LogP contribution in [0.3, 0.4) is 0 Å². The van der Waals surface area contributed by atoms with E-state index in [0.29, 0.717) is 0 Å². The lowest BCUT2D eigenvalue weighted by atomic mass is 10.2. The highest BCUT2D eigenvalue weighted by molar-refractivity contribution is 5.44. The average Bonchev–Trinajstić information content (AvgIpc) is 2.19. The summed E-state index contributed by atoms with van der Waals surface area (Å²) in [5.74, 6) is -0.610. The van der Waals surface area contributed by atoms with Gasteiger partial charge in [0.25, 0.3) is 0 Å². The van der Waals surface area contributed by atoms with E-state index < -0.39 is 12.1 Å². The van der Waals surface area contributed by atoms with Gasteiger partial charge in [-0.25, -0.2) is 0 Å². The van der Waals surface area contributed by atoms with Crippen molar-refractivity contribution in [3.8, 4) is 11.5 Å². The Hall–Kier alpha value is -1.50. The summed E-state index contributed by atoms with van der Waals surface area (Å²) in [5, 5.41) is 8.82. The van der Waals surface area contributed by atoms with Crippen LogP contribution in [0, 0.1) is 6.92 Å². The van der Waals surface area contributed by atoms with E-state index >= 15 is 0 Å². The minimum Gasteiger partial charge on any atom is -0.493 e. The first-order valence-corrected chi connectivity index (χ1v) is 4.28. The standard InChI is InChI=1S/C9H10F3NO3/c1-5-8(16-9(10,11)12)7(15-2)3-6(4-14)13-5/h3,14H,4H2,1-2H3. The van der Waals surface area contributed by atoms with Crippen LogP contribution in [0.2, 0.25) is 0 Å². The summed E-state index contributed by atoms with van der Waals surface area (Å²) >= 11 is 0. The summed E-state index contributed by atoms with van der Waals surface area (Å²) in [5.41, 5.74) is 0.213. The van der Waals surface area contributed by atoms with E-state index in [1.807, 2.05) is 0 Å². The first kappa shape index (κ1) is 12.6. The normalized spacial score (nSPS) is 11.4. The Bertz CT molecular complexity index is 379. The van der Waals surface area contributed by atoms with Crippen LogP contribution in [-0.4, -0.2) is 23.6 Å². The number of methoxy groups -OCH3 is 1. The van der Waals surface area contributed by atoms with Gasteiger partial charge in [-0.3, -0.25) is 4.98 Å². The Morgan fingerprint density at radius 2 is 2.06 bits per heavy atom. The number of aliphatic hydroxyl groups excluding tert-OH is 1. The van der Waals surface area contributed by atoms with Crippen molar-refractivity contribution >= 4 is 0 Å². The summed E-state index contributed by atoms with van der Waals surface area (Å²) in [6, 6.07) is 1.19. The van der Waals surface area contributed by atoms with Crippen molar-refractivity contribution in [1.82, 2.24) is 4.98 Å². The van der Waals surface area contributed by atoms with Gasteiger partial charge in [-0.15, -0.1) is 13.2 Å². The van der Waals surface area contributed by atoms with Gasteiger partial charge in [0.15, 0.2) is 11.5 Å². The van der Waals surface area contributed by atoms with Crippen LogP contribution in [0.15, 0.2) is 6.07 Å². The van der Waals surface area contributed by atoms with Crippen molar-refractivity contribution < 1.29 is 27.8 Å². The van der Waals surface area contributed by atoms with E-state index in [1.54, 1.807) is 0 Å². The first-order chi connectivity index (χ1) is 7.37. The van der Waals surface area contributed by atoms with Crippen molar-refractivity contribution in [2.45, 2.75) is 19.9 Å². The van der Waals surface area contributed by atoms with Crippen LogP contribution in [0.1, 0.15) is 11.4 Å². The molecule has 0 unspecified atom stereocenters. The van der Waals surface area contributed by atoms with Gasteiger partial charge in [0.1, 0.15) is 0 Å². The van der Waals surface area contributed by atoms with Crippen LogP contribution in [0.4, 0.5) is 13.2 Å². The Labute approximate surface area is 89.6 Å². The molecule has 0 saturated carbocycles. The maximum atomic E-state index is 12.1. The Balaban J connectivity index is 3.16. The number of halogens is 3. The lowest BCUT2D eigenvalue weighted by Gasteiger charge is -2.15. The van der Waals surface area contributed by atoms with Crippen molar-refractivity contribution in [3.05, 3.63) is 17.5 Å². The molecule has 90 valence electrons. The number of hydrogen-bond donors (Lipinski definition) is 1. The van der Waals surface area contributed by atoms with Crippen LogP contribution in [-0.2, 0) is 6.61 Å². The summed E-state index contributed by atoms with van der Waals surface area (Å²) in [4.78, 5) is 3.73. The SMILES string of the molecule is COc1cc(CO)nc(C)c1OC(F)(F)F. The third kappa shape index (κ3) is 2.99. The number of ether oxygens (including phenoxy) is 2. The molecule has 0 atom stereocenters. The molecule has 4 nitrogen and oxygen atoms in total. The first-order valence-electron chi connectivity index (χ1n) is 4.28. The molecule has 0 bridgehead atoms. The van der Waals surface area contributed by atoms with Gasteiger partial charge in [0, 0.05) is 6.07 Å². The third-order valence-electron chi connectivity index (χ3n) is 1.76. The van der Waals surface area contributed by atoms with Crippen molar-refractivity contribution in [1.29, 1.82) is 0 Å². The van der Waals surface area contributed by atoms with Crippen LogP contribution in [0.25, 0.3) is 0 Å². The molecule has 16 heavy (non-hydrogen) atoms. The molecule has 1 heterocycles. The topological polar surface area (TPSA) is 51.6 Å². The fourth-order valence-electron chi connectivity index (χ4n) is 1.17. The average molecular weight is 237 g/mol. The fourth-order valence-corrected chi connectivity index (χ4v) is 1.17. The maximum absolute atomic E-state index is 12.1. The number of aliphatic hydroxyl groups is 1. The van der Waals surface area contributed by atoms with E-state index in [-0.39, 0.29) is 23.7 Å². The van der Waals surface area contributed by atoms with Gasteiger partial charge in [-0.1, -0.05) is 0 Å². The predicted molar refractivity (Wildman–Crippen MR) is 48.1 cm³/mol. The zero-order chi connectivity index (χ0) is 12.3. The molecule has 0 saturated heterocycles. The van der Waals surface area contributed by atoms with Gasteiger partial charge in [-0.05, 0) is 6.92 Å². The lowest BCUT2D eigenvalue weighted by molar-refractivity contribution is -0.275. The molecule has 0 radical (unpaired) electrons.